The Morgan fingerprint density at radius 3 is 2.26 bits per heavy atom. The predicted molar refractivity (Wildman–Crippen MR) is 76.0 cm³/mol. The Morgan fingerprint density at radius 2 is 1.79 bits per heavy atom. The first kappa shape index (κ1) is 16.0. The van der Waals surface area contributed by atoms with E-state index < -0.39 is 27.0 Å². The summed E-state index contributed by atoms with van der Waals surface area (Å²) < 4.78 is 24.0. The molecule has 0 aliphatic heterocycles. The third-order valence-electron chi connectivity index (χ3n) is 2.86. The summed E-state index contributed by atoms with van der Waals surface area (Å²) >= 11 is 5.70. The van der Waals surface area contributed by atoms with Crippen molar-refractivity contribution in [1.82, 2.24) is 5.32 Å². The maximum absolute atomic E-state index is 12.0. The quantitative estimate of drug-likeness (QED) is 0.908. The Kier molecular flexibility index (Phi) is 4.98. The van der Waals surface area contributed by atoms with Crippen LogP contribution in [-0.4, -0.2) is 25.6 Å². The van der Waals surface area contributed by atoms with Gasteiger partial charge in [-0.2, -0.15) is 0 Å². The van der Waals surface area contributed by atoms with Gasteiger partial charge in [0.15, 0.2) is 9.84 Å². The van der Waals surface area contributed by atoms with Crippen molar-refractivity contribution in [3.63, 3.8) is 0 Å². The Labute approximate surface area is 119 Å². The smallest absolute Gasteiger partial charge is 0.235 e. The standard InChI is InChI=1S/C13H18ClNO3S/c1-4-13(2,3)15-12(16)9-19(17,18)11-7-5-10(14)6-8-11/h5-8H,4,9H2,1-3H3,(H,15,16). The van der Waals surface area contributed by atoms with Gasteiger partial charge >= 0.3 is 0 Å². The number of carbonyl (C=O) groups is 1. The van der Waals surface area contributed by atoms with E-state index in [2.05, 4.69) is 5.32 Å². The zero-order chi connectivity index (χ0) is 14.7. The minimum atomic E-state index is -3.63. The van der Waals surface area contributed by atoms with Gasteiger partial charge in [0.2, 0.25) is 5.91 Å². The number of rotatable bonds is 5. The fraction of sp³-hybridized carbons (Fsp3) is 0.462. The molecule has 1 amide bonds. The average Bonchev–Trinajstić information content (AvgIpc) is 2.28. The lowest BCUT2D eigenvalue weighted by molar-refractivity contribution is -0.120. The second kappa shape index (κ2) is 5.92. The average molecular weight is 304 g/mol. The van der Waals surface area contributed by atoms with Gasteiger partial charge < -0.3 is 5.32 Å². The zero-order valence-corrected chi connectivity index (χ0v) is 12.8. The summed E-state index contributed by atoms with van der Waals surface area (Å²) in [4.78, 5) is 11.9. The third-order valence-corrected chi connectivity index (χ3v) is 4.74. The lowest BCUT2D eigenvalue weighted by Gasteiger charge is -2.24. The molecular formula is C13H18ClNO3S. The summed E-state index contributed by atoms with van der Waals surface area (Å²) in [6.45, 7) is 5.62. The third kappa shape index (κ3) is 4.84. The predicted octanol–water partition coefficient (Wildman–Crippen LogP) is 2.42. The Hall–Kier alpha value is -1.07. The summed E-state index contributed by atoms with van der Waals surface area (Å²) in [5.41, 5.74) is -0.410. The minimum Gasteiger partial charge on any atom is -0.350 e. The van der Waals surface area contributed by atoms with Crippen LogP contribution < -0.4 is 5.32 Å². The monoisotopic (exact) mass is 303 g/mol. The van der Waals surface area contributed by atoms with Crippen LogP contribution in [0.1, 0.15) is 27.2 Å². The van der Waals surface area contributed by atoms with E-state index in [1.54, 1.807) is 0 Å². The van der Waals surface area contributed by atoms with E-state index in [0.717, 1.165) is 6.42 Å². The van der Waals surface area contributed by atoms with Gasteiger partial charge in [-0.15, -0.1) is 0 Å². The van der Waals surface area contributed by atoms with Gasteiger partial charge in [0.1, 0.15) is 5.75 Å². The first-order valence-corrected chi connectivity index (χ1v) is 7.99. The number of hydrogen-bond acceptors (Lipinski definition) is 3. The van der Waals surface area contributed by atoms with Crippen molar-refractivity contribution in [2.75, 3.05) is 5.75 Å². The molecule has 0 fully saturated rings. The molecule has 4 nitrogen and oxygen atoms in total. The van der Waals surface area contributed by atoms with Crippen LogP contribution in [0, 0.1) is 0 Å². The number of nitrogens with one attached hydrogen (secondary N) is 1. The van der Waals surface area contributed by atoms with Crippen molar-refractivity contribution in [3.05, 3.63) is 29.3 Å². The van der Waals surface area contributed by atoms with E-state index in [4.69, 9.17) is 11.6 Å². The van der Waals surface area contributed by atoms with Crippen LogP contribution in [0.25, 0.3) is 0 Å². The van der Waals surface area contributed by atoms with Crippen LogP contribution in [0.15, 0.2) is 29.2 Å². The van der Waals surface area contributed by atoms with E-state index in [9.17, 15) is 13.2 Å². The van der Waals surface area contributed by atoms with Gasteiger partial charge in [-0.1, -0.05) is 18.5 Å². The molecule has 0 saturated carbocycles. The highest BCUT2D eigenvalue weighted by atomic mass is 35.5. The van der Waals surface area contributed by atoms with Gasteiger partial charge in [-0.05, 0) is 44.5 Å². The maximum atomic E-state index is 12.0. The van der Waals surface area contributed by atoms with E-state index >= 15 is 0 Å². The highest BCUT2D eigenvalue weighted by molar-refractivity contribution is 7.92. The molecule has 1 aromatic carbocycles. The van der Waals surface area contributed by atoms with Crippen molar-refractivity contribution in [2.24, 2.45) is 0 Å². The van der Waals surface area contributed by atoms with Crippen LogP contribution >= 0.6 is 11.6 Å². The molecule has 1 N–H and O–H groups in total. The molecule has 0 spiro atoms. The lowest BCUT2D eigenvalue weighted by atomic mass is 10.0. The summed E-state index contributed by atoms with van der Waals surface area (Å²) in [6, 6.07) is 5.77. The number of halogens is 1. The van der Waals surface area contributed by atoms with E-state index in [1.807, 2.05) is 20.8 Å². The van der Waals surface area contributed by atoms with Crippen LogP contribution in [0.5, 0.6) is 0 Å². The fourth-order valence-electron chi connectivity index (χ4n) is 1.40. The topological polar surface area (TPSA) is 63.2 Å². The van der Waals surface area contributed by atoms with Crippen LogP contribution in [0.4, 0.5) is 0 Å². The van der Waals surface area contributed by atoms with Crippen molar-refractivity contribution < 1.29 is 13.2 Å². The molecule has 6 heteroatoms. The van der Waals surface area contributed by atoms with E-state index in [-0.39, 0.29) is 4.90 Å². The first-order valence-electron chi connectivity index (χ1n) is 5.95. The Balaban J connectivity index is 2.81. The number of sulfone groups is 1. The Morgan fingerprint density at radius 1 is 1.26 bits per heavy atom. The maximum Gasteiger partial charge on any atom is 0.235 e. The minimum absolute atomic E-state index is 0.0985. The number of benzene rings is 1. The van der Waals surface area contributed by atoms with Gasteiger partial charge in [-0.3, -0.25) is 4.79 Å². The summed E-state index contributed by atoms with van der Waals surface area (Å²) in [5.74, 6) is -1.06. The van der Waals surface area contributed by atoms with Crippen molar-refractivity contribution in [3.8, 4) is 0 Å². The highest BCUT2D eigenvalue weighted by Gasteiger charge is 2.23. The van der Waals surface area contributed by atoms with Gasteiger partial charge in [-0.25, -0.2) is 8.42 Å². The highest BCUT2D eigenvalue weighted by Crippen LogP contribution is 2.16. The van der Waals surface area contributed by atoms with Crippen molar-refractivity contribution >= 4 is 27.3 Å². The molecule has 0 radical (unpaired) electrons. The summed E-state index contributed by atoms with van der Waals surface area (Å²) in [7, 11) is -3.63. The van der Waals surface area contributed by atoms with E-state index in [0.29, 0.717) is 5.02 Å². The molecule has 0 unspecified atom stereocenters. The molecule has 19 heavy (non-hydrogen) atoms. The molecule has 0 aliphatic carbocycles. The number of hydrogen-bond donors (Lipinski definition) is 1. The number of carbonyl (C=O) groups excluding carboxylic acids is 1. The number of amides is 1. The van der Waals surface area contributed by atoms with Crippen molar-refractivity contribution in [2.45, 2.75) is 37.6 Å². The Bertz CT molecular complexity index is 550. The molecule has 0 bridgehead atoms. The molecule has 0 aliphatic rings. The molecule has 1 aromatic rings. The lowest BCUT2D eigenvalue weighted by Crippen LogP contribution is -2.45. The second-order valence-electron chi connectivity index (χ2n) is 5.00. The van der Waals surface area contributed by atoms with E-state index in [1.165, 1.54) is 24.3 Å². The van der Waals surface area contributed by atoms with Gasteiger partial charge in [0, 0.05) is 10.6 Å². The molecule has 0 heterocycles. The zero-order valence-electron chi connectivity index (χ0n) is 11.2. The van der Waals surface area contributed by atoms with Gasteiger partial charge in [0.05, 0.1) is 4.90 Å². The molecule has 106 valence electrons. The second-order valence-corrected chi connectivity index (χ2v) is 7.42. The summed E-state index contributed by atoms with van der Waals surface area (Å²) in [6.07, 6.45) is 0.722. The first-order chi connectivity index (χ1) is 8.66. The molecule has 1 rings (SSSR count). The molecule has 0 atom stereocenters. The molecular weight excluding hydrogens is 286 g/mol. The molecule has 0 saturated heterocycles. The van der Waals surface area contributed by atoms with Crippen LogP contribution in [0.3, 0.4) is 0 Å². The summed E-state index contributed by atoms with van der Waals surface area (Å²) in [5, 5.41) is 3.15. The molecule has 0 aromatic heterocycles. The van der Waals surface area contributed by atoms with Crippen molar-refractivity contribution in [1.29, 1.82) is 0 Å². The fourth-order valence-corrected chi connectivity index (χ4v) is 2.66. The normalized spacial score (nSPS) is 12.2. The van der Waals surface area contributed by atoms with Crippen LogP contribution in [-0.2, 0) is 14.6 Å². The van der Waals surface area contributed by atoms with Crippen LogP contribution in [0.2, 0.25) is 5.02 Å². The largest absolute Gasteiger partial charge is 0.350 e. The van der Waals surface area contributed by atoms with Gasteiger partial charge in [0.25, 0.3) is 0 Å². The SMILES string of the molecule is CCC(C)(C)NC(=O)CS(=O)(=O)c1ccc(Cl)cc1.